The van der Waals surface area contributed by atoms with E-state index in [4.69, 9.17) is 9.84 Å². The molecule has 8 heteroatoms. The molecule has 27 heavy (non-hydrogen) atoms. The van der Waals surface area contributed by atoms with E-state index in [1.54, 1.807) is 23.9 Å². The Morgan fingerprint density at radius 2 is 2.00 bits per heavy atom. The monoisotopic (exact) mass is 426 g/mol. The topological polar surface area (TPSA) is 82.5 Å². The molecule has 0 N–H and O–H groups in total. The van der Waals surface area contributed by atoms with Crippen molar-refractivity contribution < 1.29 is 9.66 Å². The summed E-state index contributed by atoms with van der Waals surface area (Å²) in [5, 5.41) is 15.8. The van der Waals surface area contributed by atoms with Crippen molar-refractivity contribution >= 4 is 27.3 Å². The molecule has 2 aromatic carbocycles. The van der Waals surface area contributed by atoms with Crippen molar-refractivity contribution in [3.8, 4) is 5.75 Å². The lowest BCUT2D eigenvalue weighted by Gasteiger charge is -2.13. The second kappa shape index (κ2) is 6.62. The molecule has 1 aromatic heterocycles. The number of aromatic nitrogens is 2. The molecule has 0 saturated heterocycles. The summed E-state index contributed by atoms with van der Waals surface area (Å²) >= 11 is 3.54. The van der Waals surface area contributed by atoms with E-state index in [0.717, 1.165) is 32.7 Å². The van der Waals surface area contributed by atoms with E-state index in [-0.39, 0.29) is 5.69 Å². The van der Waals surface area contributed by atoms with Crippen molar-refractivity contribution in [3.05, 3.63) is 85.4 Å². The van der Waals surface area contributed by atoms with Crippen LogP contribution in [0.3, 0.4) is 0 Å². The smallest absolute Gasteiger partial charge is 0.269 e. The highest BCUT2D eigenvalue weighted by Crippen LogP contribution is 2.33. The lowest BCUT2D eigenvalue weighted by molar-refractivity contribution is -0.384. The van der Waals surface area contributed by atoms with E-state index in [2.05, 4.69) is 20.9 Å². The van der Waals surface area contributed by atoms with Crippen molar-refractivity contribution in [2.24, 2.45) is 5.10 Å². The van der Waals surface area contributed by atoms with Crippen LogP contribution in [0, 0.1) is 17.0 Å². The summed E-state index contributed by atoms with van der Waals surface area (Å²) in [5.74, 6) is 1.53. The summed E-state index contributed by atoms with van der Waals surface area (Å²) in [7, 11) is 1.61. The number of nitro groups is 1. The summed E-state index contributed by atoms with van der Waals surface area (Å²) in [4.78, 5) is 15.1. The molecule has 2 heterocycles. The first-order chi connectivity index (χ1) is 13.0. The maximum Gasteiger partial charge on any atom is 0.269 e. The van der Waals surface area contributed by atoms with Gasteiger partial charge < -0.3 is 4.74 Å². The molecule has 0 saturated carbocycles. The zero-order valence-electron chi connectivity index (χ0n) is 14.6. The Morgan fingerprint density at radius 3 is 2.67 bits per heavy atom. The van der Waals surface area contributed by atoms with Gasteiger partial charge in [-0.1, -0.05) is 0 Å². The minimum atomic E-state index is -0.413. The molecule has 0 radical (unpaired) electrons. The summed E-state index contributed by atoms with van der Waals surface area (Å²) in [6, 6.07) is 10.3. The number of ether oxygens (including phenoxy) is 1. The molecular formula is C19H15BrN4O3. The van der Waals surface area contributed by atoms with Gasteiger partial charge in [-0.25, -0.2) is 9.66 Å². The lowest BCUT2D eigenvalue weighted by Crippen LogP contribution is -2.08. The van der Waals surface area contributed by atoms with Gasteiger partial charge in [0, 0.05) is 29.7 Å². The first kappa shape index (κ1) is 17.4. The normalized spacial score (nSPS) is 12.6. The second-order valence-electron chi connectivity index (χ2n) is 6.22. The molecule has 0 amide bonds. The van der Waals surface area contributed by atoms with Gasteiger partial charge in [-0.15, -0.1) is 0 Å². The Balaban J connectivity index is 1.94. The number of hydrogen-bond acceptors (Lipinski definition) is 5. The Bertz CT molecular complexity index is 1090. The van der Waals surface area contributed by atoms with Crippen molar-refractivity contribution in [3.63, 3.8) is 0 Å². The number of benzene rings is 2. The molecule has 0 bridgehead atoms. The van der Waals surface area contributed by atoms with Crippen LogP contribution in [0.5, 0.6) is 5.75 Å². The molecule has 1 aliphatic rings. The molecule has 0 unspecified atom stereocenters. The van der Waals surface area contributed by atoms with Crippen LogP contribution < -0.4 is 4.74 Å². The maximum atomic E-state index is 11.0. The Hall–Kier alpha value is -3.00. The predicted octanol–water partition coefficient (Wildman–Crippen LogP) is 4.08. The third-order valence-corrected chi connectivity index (χ3v) is 5.04. The van der Waals surface area contributed by atoms with E-state index in [1.807, 2.05) is 25.3 Å². The minimum absolute atomic E-state index is 0.0424. The number of hydrogen-bond donors (Lipinski definition) is 0. The Kier molecular flexibility index (Phi) is 4.27. The van der Waals surface area contributed by atoms with E-state index < -0.39 is 4.92 Å². The van der Waals surface area contributed by atoms with Crippen LogP contribution in [0.4, 0.5) is 5.69 Å². The van der Waals surface area contributed by atoms with Gasteiger partial charge in [-0.3, -0.25) is 10.1 Å². The lowest BCUT2D eigenvalue weighted by atomic mass is 9.95. The summed E-state index contributed by atoms with van der Waals surface area (Å²) in [6.07, 6.45) is 2.49. The third-order valence-electron chi connectivity index (χ3n) is 4.42. The third kappa shape index (κ3) is 3.12. The highest BCUT2D eigenvalue weighted by Gasteiger charge is 2.22. The quantitative estimate of drug-likeness (QED) is 0.365. The van der Waals surface area contributed by atoms with Crippen LogP contribution in [-0.4, -0.2) is 27.4 Å². The molecular weight excluding hydrogens is 412 g/mol. The van der Waals surface area contributed by atoms with Gasteiger partial charge in [0.15, 0.2) is 0 Å². The Labute approximate surface area is 163 Å². The number of halogens is 1. The van der Waals surface area contributed by atoms with Gasteiger partial charge in [0.25, 0.3) is 5.69 Å². The van der Waals surface area contributed by atoms with Gasteiger partial charge >= 0.3 is 0 Å². The summed E-state index contributed by atoms with van der Waals surface area (Å²) in [6.45, 7) is 1.92. The van der Waals surface area contributed by atoms with Crippen molar-refractivity contribution in [1.82, 2.24) is 9.66 Å². The predicted molar refractivity (Wildman–Crippen MR) is 105 cm³/mol. The number of methoxy groups -OCH3 is 1. The van der Waals surface area contributed by atoms with Gasteiger partial charge in [-0.2, -0.15) is 5.10 Å². The largest absolute Gasteiger partial charge is 0.496 e. The molecule has 4 rings (SSSR count). The van der Waals surface area contributed by atoms with E-state index in [1.165, 1.54) is 12.1 Å². The Morgan fingerprint density at radius 1 is 1.26 bits per heavy atom. The average molecular weight is 427 g/mol. The number of imidazole rings is 1. The number of non-ortho nitro benzene ring substituents is 1. The number of rotatable bonds is 3. The maximum absolute atomic E-state index is 11.0. The van der Waals surface area contributed by atoms with Crippen molar-refractivity contribution in [2.75, 3.05) is 7.11 Å². The number of aryl methyl sites for hydroxylation is 1. The van der Waals surface area contributed by atoms with E-state index in [9.17, 15) is 10.1 Å². The van der Waals surface area contributed by atoms with Crippen molar-refractivity contribution in [2.45, 2.75) is 13.3 Å². The highest BCUT2D eigenvalue weighted by atomic mass is 79.9. The van der Waals surface area contributed by atoms with Crippen LogP contribution in [0.1, 0.15) is 28.2 Å². The summed E-state index contributed by atoms with van der Waals surface area (Å²) in [5.41, 5.74) is 4.37. The fourth-order valence-corrected chi connectivity index (χ4v) is 3.70. The zero-order chi connectivity index (χ0) is 19.1. The fraction of sp³-hybridized carbons (Fsp3) is 0.158. The highest BCUT2D eigenvalue weighted by molar-refractivity contribution is 9.10. The number of nitrogens with zero attached hydrogens (tertiary/aromatic N) is 4. The minimum Gasteiger partial charge on any atom is -0.496 e. The molecule has 3 aromatic rings. The molecule has 0 aliphatic carbocycles. The molecule has 0 fully saturated rings. The first-order valence-corrected chi connectivity index (χ1v) is 9.01. The van der Waals surface area contributed by atoms with Gasteiger partial charge in [0.05, 0.1) is 34.1 Å². The first-order valence-electron chi connectivity index (χ1n) is 8.21. The van der Waals surface area contributed by atoms with Crippen LogP contribution in [0.2, 0.25) is 0 Å². The van der Waals surface area contributed by atoms with E-state index >= 15 is 0 Å². The molecule has 7 nitrogen and oxygen atoms in total. The van der Waals surface area contributed by atoms with Crippen LogP contribution in [-0.2, 0) is 6.42 Å². The summed E-state index contributed by atoms with van der Waals surface area (Å²) < 4.78 is 8.07. The van der Waals surface area contributed by atoms with Crippen LogP contribution in [0.25, 0.3) is 0 Å². The molecule has 0 atom stereocenters. The molecule has 1 aliphatic heterocycles. The average Bonchev–Trinajstić information content (AvgIpc) is 2.92. The van der Waals surface area contributed by atoms with E-state index in [0.29, 0.717) is 17.9 Å². The number of fused-ring (bicyclic) bond motifs is 2. The number of nitro benzene ring substituents is 1. The van der Waals surface area contributed by atoms with Gasteiger partial charge in [-0.05, 0) is 52.7 Å². The van der Waals surface area contributed by atoms with Crippen LogP contribution >= 0.6 is 15.9 Å². The fourth-order valence-electron chi connectivity index (χ4n) is 3.15. The zero-order valence-corrected chi connectivity index (χ0v) is 16.2. The standard InChI is InChI=1S/C19H15BrN4O3/c1-11-10-23-18(21-11)8-13-7-16(20)17(27-2)9-15(13)19(22-23)12-3-5-14(6-4-12)24(25)26/h3-7,9-10H,8H2,1-2H3. The molecule has 136 valence electrons. The van der Waals surface area contributed by atoms with Crippen LogP contribution in [0.15, 0.2) is 52.2 Å². The van der Waals surface area contributed by atoms with Gasteiger partial charge in [0.1, 0.15) is 11.6 Å². The van der Waals surface area contributed by atoms with Crippen molar-refractivity contribution in [1.29, 1.82) is 0 Å². The van der Waals surface area contributed by atoms with Gasteiger partial charge in [0.2, 0.25) is 0 Å². The second-order valence-corrected chi connectivity index (χ2v) is 7.07. The SMILES string of the molecule is COc1cc2c(cc1Br)Cc1nc(C)cn1N=C2c1ccc([N+](=O)[O-])cc1. The molecule has 0 spiro atoms.